The first-order valence-corrected chi connectivity index (χ1v) is 11.9. The predicted molar refractivity (Wildman–Crippen MR) is 123 cm³/mol. The molecular weight excluding hydrogens is 442 g/mol. The van der Waals surface area contributed by atoms with Crippen LogP contribution in [0.15, 0.2) is 84.3 Å². The van der Waals surface area contributed by atoms with E-state index in [1.165, 1.54) is 18.5 Å². The molecular formula is C23H23N5O4S. The molecule has 0 spiro atoms. The number of nitrogens with one attached hydrogen (secondary N) is 1. The van der Waals surface area contributed by atoms with E-state index in [0.29, 0.717) is 35.5 Å². The molecule has 0 atom stereocenters. The standard InChI is InChI=1S/C23H23N5O4S/c1-2-3-15-31-19-9-11-21(12-10-19)33(29,30)27-18-5-7-20(8-6-18)32-23-16-22(24-17-25-23)28-14-4-13-26-28/h4-14,16-17,27H,2-3,15H2,1H3. The molecule has 4 aromatic rings. The highest BCUT2D eigenvalue weighted by atomic mass is 32.2. The Labute approximate surface area is 192 Å². The number of unbranched alkanes of at least 4 members (excludes halogenated alkanes) is 1. The van der Waals surface area contributed by atoms with Gasteiger partial charge in [0.1, 0.15) is 17.8 Å². The van der Waals surface area contributed by atoms with Crippen molar-refractivity contribution < 1.29 is 17.9 Å². The van der Waals surface area contributed by atoms with Gasteiger partial charge in [0.2, 0.25) is 5.88 Å². The van der Waals surface area contributed by atoms with Crippen LogP contribution in [-0.2, 0) is 10.0 Å². The minimum Gasteiger partial charge on any atom is -0.494 e. The quantitative estimate of drug-likeness (QED) is 0.345. The number of aromatic nitrogens is 4. The minimum absolute atomic E-state index is 0.151. The van der Waals surface area contributed by atoms with Crippen molar-refractivity contribution in [3.8, 4) is 23.2 Å². The summed E-state index contributed by atoms with van der Waals surface area (Å²) >= 11 is 0. The lowest BCUT2D eigenvalue weighted by atomic mass is 10.3. The number of hydrogen-bond donors (Lipinski definition) is 1. The molecule has 0 saturated carbocycles. The van der Waals surface area contributed by atoms with Crippen molar-refractivity contribution >= 4 is 15.7 Å². The summed E-state index contributed by atoms with van der Waals surface area (Å²) in [6, 6.07) is 16.3. The van der Waals surface area contributed by atoms with Crippen molar-refractivity contribution in [3.63, 3.8) is 0 Å². The maximum Gasteiger partial charge on any atom is 0.261 e. The summed E-state index contributed by atoms with van der Waals surface area (Å²) in [5.74, 6) is 2.04. The first-order valence-electron chi connectivity index (χ1n) is 10.4. The predicted octanol–water partition coefficient (Wildman–Crippen LogP) is 4.43. The minimum atomic E-state index is -3.73. The van der Waals surface area contributed by atoms with Gasteiger partial charge in [0.15, 0.2) is 5.82 Å². The number of sulfonamides is 1. The van der Waals surface area contributed by atoms with Crippen LogP contribution < -0.4 is 14.2 Å². The Morgan fingerprint density at radius 3 is 2.45 bits per heavy atom. The summed E-state index contributed by atoms with van der Waals surface area (Å²) < 4.78 is 40.9. The lowest BCUT2D eigenvalue weighted by molar-refractivity contribution is 0.309. The van der Waals surface area contributed by atoms with Gasteiger partial charge < -0.3 is 9.47 Å². The molecule has 170 valence electrons. The second kappa shape index (κ2) is 10.1. The number of ether oxygens (including phenoxy) is 2. The van der Waals surface area contributed by atoms with Gasteiger partial charge in [-0.15, -0.1) is 0 Å². The third kappa shape index (κ3) is 5.86. The van der Waals surface area contributed by atoms with Crippen LogP contribution in [-0.4, -0.2) is 34.8 Å². The second-order valence-corrected chi connectivity index (χ2v) is 8.75. The fraction of sp³-hybridized carbons (Fsp3) is 0.174. The van der Waals surface area contributed by atoms with Gasteiger partial charge in [-0.3, -0.25) is 4.72 Å². The maximum atomic E-state index is 12.7. The van der Waals surface area contributed by atoms with Gasteiger partial charge in [0.25, 0.3) is 10.0 Å². The zero-order valence-electron chi connectivity index (χ0n) is 18.0. The van der Waals surface area contributed by atoms with Crippen LogP contribution in [0.1, 0.15) is 19.8 Å². The number of hydrogen-bond acceptors (Lipinski definition) is 7. The Morgan fingerprint density at radius 1 is 1.00 bits per heavy atom. The molecule has 33 heavy (non-hydrogen) atoms. The number of benzene rings is 2. The van der Waals surface area contributed by atoms with E-state index in [9.17, 15) is 8.42 Å². The third-order valence-electron chi connectivity index (χ3n) is 4.60. The van der Waals surface area contributed by atoms with Crippen molar-refractivity contribution in [2.24, 2.45) is 0 Å². The topological polar surface area (TPSA) is 108 Å². The molecule has 2 aromatic heterocycles. The summed E-state index contributed by atoms with van der Waals surface area (Å²) in [4.78, 5) is 8.41. The molecule has 0 aliphatic carbocycles. The van der Waals surface area contributed by atoms with E-state index in [4.69, 9.17) is 9.47 Å². The van der Waals surface area contributed by atoms with Crippen LogP contribution in [0.2, 0.25) is 0 Å². The average molecular weight is 466 g/mol. The van der Waals surface area contributed by atoms with Crippen LogP contribution in [0.4, 0.5) is 5.69 Å². The lowest BCUT2D eigenvalue weighted by Gasteiger charge is -2.11. The average Bonchev–Trinajstić information content (AvgIpc) is 3.36. The first kappa shape index (κ1) is 22.3. The lowest BCUT2D eigenvalue weighted by Crippen LogP contribution is -2.12. The van der Waals surface area contributed by atoms with E-state index in [1.54, 1.807) is 65.6 Å². The molecule has 0 aliphatic heterocycles. The molecule has 10 heteroatoms. The van der Waals surface area contributed by atoms with Crippen molar-refractivity contribution in [2.75, 3.05) is 11.3 Å². The van der Waals surface area contributed by atoms with Gasteiger partial charge >= 0.3 is 0 Å². The number of anilines is 1. The van der Waals surface area contributed by atoms with Crippen LogP contribution in [0.25, 0.3) is 5.82 Å². The first-order chi connectivity index (χ1) is 16.0. The van der Waals surface area contributed by atoms with Gasteiger partial charge in [-0.25, -0.2) is 23.1 Å². The Morgan fingerprint density at radius 2 is 1.76 bits per heavy atom. The van der Waals surface area contributed by atoms with E-state index in [0.717, 1.165) is 12.8 Å². The van der Waals surface area contributed by atoms with Gasteiger partial charge in [-0.05, 0) is 61.0 Å². The highest BCUT2D eigenvalue weighted by Gasteiger charge is 2.14. The van der Waals surface area contributed by atoms with Crippen molar-refractivity contribution in [1.29, 1.82) is 0 Å². The molecule has 1 N–H and O–H groups in total. The summed E-state index contributed by atoms with van der Waals surface area (Å²) in [6.45, 7) is 2.69. The molecule has 2 heterocycles. The van der Waals surface area contributed by atoms with E-state index in [2.05, 4.69) is 26.7 Å². The van der Waals surface area contributed by atoms with Gasteiger partial charge in [-0.2, -0.15) is 5.10 Å². The van der Waals surface area contributed by atoms with Gasteiger partial charge in [0.05, 0.1) is 11.5 Å². The molecule has 9 nitrogen and oxygen atoms in total. The van der Waals surface area contributed by atoms with Gasteiger partial charge in [0, 0.05) is 24.1 Å². The van der Waals surface area contributed by atoms with Crippen LogP contribution in [0, 0.1) is 0 Å². The van der Waals surface area contributed by atoms with Crippen LogP contribution in [0.3, 0.4) is 0 Å². The number of rotatable bonds is 10. The Kier molecular flexibility index (Phi) is 6.84. The van der Waals surface area contributed by atoms with Crippen molar-refractivity contribution in [2.45, 2.75) is 24.7 Å². The molecule has 2 aromatic carbocycles. The smallest absolute Gasteiger partial charge is 0.261 e. The summed E-state index contributed by atoms with van der Waals surface area (Å²) in [6.07, 6.45) is 6.78. The normalized spacial score (nSPS) is 11.2. The molecule has 0 amide bonds. The van der Waals surface area contributed by atoms with Crippen molar-refractivity contribution in [3.05, 3.63) is 79.4 Å². The highest BCUT2D eigenvalue weighted by Crippen LogP contribution is 2.24. The Balaban J connectivity index is 1.39. The highest BCUT2D eigenvalue weighted by molar-refractivity contribution is 7.92. The van der Waals surface area contributed by atoms with Gasteiger partial charge in [-0.1, -0.05) is 13.3 Å². The molecule has 0 fully saturated rings. The fourth-order valence-corrected chi connectivity index (χ4v) is 3.95. The van der Waals surface area contributed by atoms with E-state index >= 15 is 0 Å². The molecule has 0 unspecified atom stereocenters. The Bertz CT molecular complexity index is 1280. The van der Waals surface area contributed by atoms with Crippen molar-refractivity contribution in [1.82, 2.24) is 19.7 Å². The Hall–Kier alpha value is -3.92. The monoisotopic (exact) mass is 465 g/mol. The summed E-state index contributed by atoms with van der Waals surface area (Å²) in [7, 11) is -3.73. The summed E-state index contributed by atoms with van der Waals surface area (Å²) in [5.41, 5.74) is 0.408. The van der Waals surface area contributed by atoms with E-state index in [-0.39, 0.29) is 4.90 Å². The second-order valence-electron chi connectivity index (χ2n) is 7.07. The molecule has 0 bridgehead atoms. The van der Waals surface area contributed by atoms with E-state index < -0.39 is 10.0 Å². The van der Waals surface area contributed by atoms with E-state index in [1.807, 2.05) is 0 Å². The maximum absolute atomic E-state index is 12.7. The SMILES string of the molecule is CCCCOc1ccc(S(=O)(=O)Nc2ccc(Oc3cc(-n4cccn4)ncn3)cc2)cc1. The number of nitrogens with zero attached hydrogens (tertiary/aromatic N) is 4. The zero-order valence-corrected chi connectivity index (χ0v) is 18.8. The van der Waals surface area contributed by atoms with Crippen LogP contribution >= 0.6 is 0 Å². The summed E-state index contributed by atoms with van der Waals surface area (Å²) in [5, 5.41) is 4.13. The fourth-order valence-electron chi connectivity index (χ4n) is 2.89. The molecule has 0 saturated heterocycles. The largest absolute Gasteiger partial charge is 0.494 e. The molecule has 4 rings (SSSR count). The van der Waals surface area contributed by atoms with Crippen LogP contribution in [0.5, 0.6) is 17.4 Å². The third-order valence-corrected chi connectivity index (χ3v) is 5.99. The zero-order chi connectivity index (χ0) is 23.1. The molecule has 0 radical (unpaired) electrons. The molecule has 0 aliphatic rings.